The summed E-state index contributed by atoms with van der Waals surface area (Å²) in [6.45, 7) is 12.2. The minimum Gasteiger partial charge on any atom is -0.422 e. The molecule has 1 saturated heterocycles. The predicted molar refractivity (Wildman–Crippen MR) is 165 cm³/mol. The molecule has 1 aliphatic heterocycles. The highest BCUT2D eigenvalue weighted by atomic mass is 16.4. The summed E-state index contributed by atoms with van der Waals surface area (Å²) in [6, 6.07) is 15.6. The van der Waals surface area contributed by atoms with Gasteiger partial charge in [0.15, 0.2) is 6.29 Å². The average Bonchev–Trinajstić information content (AvgIpc) is 3.57. The molecule has 1 aliphatic rings. The van der Waals surface area contributed by atoms with Crippen molar-refractivity contribution in [3.8, 4) is 6.07 Å². The van der Waals surface area contributed by atoms with Crippen molar-refractivity contribution in [2.24, 2.45) is 11.5 Å². The van der Waals surface area contributed by atoms with Gasteiger partial charge >= 0.3 is 11.3 Å². The Labute approximate surface area is 252 Å². The standard InChI is InChI=1S/C14H10N2O3.C11H8O3.C4H9N.C3H4N2O/c1-8-2-3-9-5-10(6-11(7-15)13(16)17)14(18)19-12(9)4-8;1-7-2-3-8-5-9(6-12)11(13)14-10(8)4-7;1-2-4-5-3-1;1-5-2-3(4)6/h2-6H,1H3,(H2,16,17);2-6H,1H3;5H,1-4H2;2H2,(H2,4,6)/b11-6+;;;. The second-order valence-electron chi connectivity index (χ2n) is 9.45. The Balaban J connectivity index is 0.000000234. The number of fused-ring (bicyclic) bond motifs is 2. The van der Waals surface area contributed by atoms with Crippen LogP contribution in [0.2, 0.25) is 0 Å². The maximum atomic E-state index is 11.7. The molecule has 1 fully saturated rings. The van der Waals surface area contributed by atoms with E-state index in [1.165, 1.54) is 32.0 Å². The molecule has 0 spiro atoms. The van der Waals surface area contributed by atoms with Crippen molar-refractivity contribution in [3.63, 3.8) is 0 Å². The van der Waals surface area contributed by atoms with Gasteiger partial charge in [-0.25, -0.2) is 16.2 Å². The van der Waals surface area contributed by atoms with E-state index in [-0.39, 0.29) is 23.2 Å². The van der Waals surface area contributed by atoms with E-state index in [4.69, 9.17) is 26.4 Å². The molecule has 226 valence electrons. The highest BCUT2D eigenvalue weighted by Gasteiger charge is 2.08. The molecule has 5 rings (SSSR count). The Morgan fingerprint density at radius 1 is 0.932 bits per heavy atom. The molecule has 0 bridgehead atoms. The molecular weight excluding hydrogens is 566 g/mol. The van der Waals surface area contributed by atoms with Crippen LogP contribution in [-0.4, -0.2) is 37.7 Å². The van der Waals surface area contributed by atoms with Gasteiger partial charge < -0.3 is 30.5 Å². The number of carbonyl (C=O) groups excluding carboxylic acids is 3. The van der Waals surface area contributed by atoms with Crippen molar-refractivity contribution < 1.29 is 23.2 Å². The summed E-state index contributed by atoms with van der Waals surface area (Å²) < 4.78 is 10.1. The molecule has 4 aromatic rings. The molecule has 0 atom stereocenters. The van der Waals surface area contributed by atoms with Crippen LogP contribution in [0.15, 0.2) is 72.5 Å². The first kappa shape index (κ1) is 34.4. The number of nitrogens with zero attached hydrogens (tertiary/aromatic N) is 2. The second-order valence-corrected chi connectivity index (χ2v) is 9.45. The summed E-state index contributed by atoms with van der Waals surface area (Å²) in [5, 5.41) is 13.4. The lowest BCUT2D eigenvalue weighted by atomic mass is 10.1. The van der Waals surface area contributed by atoms with E-state index in [2.05, 4.69) is 15.9 Å². The number of nitrogens with two attached hydrogens (primary N) is 2. The fourth-order valence-corrected chi connectivity index (χ4v) is 3.67. The minimum absolute atomic E-state index is 0.0568. The number of aryl methyl sites for hydroxylation is 2. The van der Waals surface area contributed by atoms with Crippen LogP contribution in [-0.2, 0) is 9.59 Å². The van der Waals surface area contributed by atoms with Crippen LogP contribution in [0.4, 0.5) is 0 Å². The summed E-state index contributed by atoms with van der Waals surface area (Å²) in [7, 11) is 0. The molecular formula is C32H31N5O7. The number of nitrogens with one attached hydrogen (secondary N) is 1. The number of primary amides is 2. The Hall–Kier alpha value is -5.85. The molecule has 0 aliphatic carbocycles. The van der Waals surface area contributed by atoms with Gasteiger partial charge in [-0.2, -0.15) is 5.26 Å². The van der Waals surface area contributed by atoms with Gasteiger partial charge in [0.05, 0.1) is 5.56 Å². The number of carbonyl (C=O) groups is 3. The lowest BCUT2D eigenvalue weighted by molar-refractivity contribution is -0.116. The molecule has 3 heterocycles. The molecule has 5 N–H and O–H groups in total. The van der Waals surface area contributed by atoms with E-state index in [9.17, 15) is 24.0 Å². The topological polar surface area (TPSA) is 204 Å². The zero-order valence-corrected chi connectivity index (χ0v) is 24.2. The maximum absolute atomic E-state index is 11.7. The van der Waals surface area contributed by atoms with E-state index in [1.54, 1.807) is 30.3 Å². The first-order chi connectivity index (χ1) is 21.0. The lowest BCUT2D eigenvalue weighted by Gasteiger charge is -2.00. The Bertz CT molecular complexity index is 1880. The molecule has 0 unspecified atom stereocenters. The summed E-state index contributed by atoms with van der Waals surface area (Å²) in [4.78, 5) is 56.7. The fraction of sp³-hybridized carbons (Fsp3) is 0.219. The molecule has 2 aromatic heterocycles. The first-order valence-electron chi connectivity index (χ1n) is 13.3. The van der Waals surface area contributed by atoms with Gasteiger partial charge in [0, 0.05) is 10.8 Å². The van der Waals surface area contributed by atoms with Crippen LogP contribution in [0.1, 0.15) is 39.9 Å². The van der Waals surface area contributed by atoms with E-state index in [1.807, 2.05) is 32.0 Å². The third-order valence-corrected chi connectivity index (χ3v) is 5.84. The zero-order valence-electron chi connectivity index (χ0n) is 24.2. The molecule has 2 aromatic carbocycles. The van der Waals surface area contributed by atoms with Crippen LogP contribution in [0, 0.1) is 31.8 Å². The molecule has 0 saturated carbocycles. The van der Waals surface area contributed by atoms with Gasteiger partial charge in [-0.1, -0.05) is 24.3 Å². The molecule has 12 nitrogen and oxygen atoms in total. The summed E-state index contributed by atoms with van der Waals surface area (Å²) in [6.07, 6.45) is 4.42. The van der Waals surface area contributed by atoms with Crippen LogP contribution in [0.5, 0.6) is 0 Å². The van der Waals surface area contributed by atoms with Crippen LogP contribution in [0.25, 0.3) is 32.9 Å². The largest absolute Gasteiger partial charge is 0.422 e. The van der Waals surface area contributed by atoms with Crippen molar-refractivity contribution in [2.75, 3.05) is 19.6 Å². The van der Waals surface area contributed by atoms with Crippen LogP contribution >= 0.6 is 0 Å². The highest BCUT2D eigenvalue weighted by molar-refractivity contribution is 6.00. The van der Waals surface area contributed by atoms with Gasteiger partial charge in [0.2, 0.25) is 0 Å². The molecule has 12 heteroatoms. The number of hydrogen-bond donors (Lipinski definition) is 3. The predicted octanol–water partition coefficient (Wildman–Crippen LogP) is 3.17. The molecule has 0 radical (unpaired) electrons. The summed E-state index contributed by atoms with van der Waals surface area (Å²) in [5.74, 6) is -1.45. The Kier molecular flexibility index (Phi) is 13.4. The van der Waals surface area contributed by atoms with Crippen molar-refractivity contribution in [1.82, 2.24) is 5.32 Å². The van der Waals surface area contributed by atoms with Gasteiger partial charge in [-0.15, -0.1) is 0 Å². The summed E-state index contributed by atoms with van der Waals surface area (Å²) in [5.41, 5.74) is 11.2. The number of amides is 2. The minimum atomic E-state index is -0.883. The normalized spacial score (nSPS) is 11.8. The number of nitriles is 1. The van der Waals surface area contributed by atoms with Gasteiger partial charge in [0.25, 0.3) is 18.4 Å². The highest BCUT2D eigenvalue weighted by Crippen LogP contribution is 2.17. The summed E-state index contributed by atoms with van der Waals surface area (Å²) >= 11 is 0. The number of rotatable bonds is 4. The van der Waals surface area contributed by atoms with E-state index >= 15 is 0 Å². The van der Waals surface area contributed by atoms with Gasteiger partial charge in [0.1, 0.15) is 28.4 Å². The quantitative estimate of drug-likeness (QED) is 0.104. The van der Waals surface area contributed by atoms with Crippen LogP contribution < -0.4 is 28.0 Å². The fourth-order valence-electron chi connectivity index (χ4n) is 3.67. The first-order valence-corrected chi connectivity index (χ1v) is 13.3. The van der Waals surface area contributed by atoms with Gasteiger partial charge in [-0.05, 0) is 81.2 Å². The van der Waals surface area contributed by atoms with Crippen molar-refractivity contribution >= 4 is 46.1 Å². The van der Waals surface area contributed by atoms with Crippen molar-refractivity contribution in [2.45, 2.75) is 26.7 Å². The third-order valence-electron chi connectivity index (χ3n) is 5.84. The zero-order chi connectivity index (χ0) is 32.6. The average molecular weight is 598 g/mol. The van der Waals surface area contributed by atoms with E-state index in [0.717, 1.165) is 22.6 Å². The second kappa shape index (κ2) is 17.2. The maximum Gasteiger partial charge on any atom is 0.346 e. The van der Waals surface area contributed by atoms with Crippen LogP contribution in [0.3, 0.4) is 0 Å². The molecule has 44 heavy (non-hydrogen) atoms. The lowest BCUT2D eigenvalue weighted by Crippen LogP contribution is -2.13. The van der Waals surface area contributed by atoms with E-state index < -0.39 is 23.1 Å². The van der Waals surface area contributed by atoms with Gasteiger partial charge in [-0.3, -0.25) is 14.4 Å². The van der Waals surface area contributed by atoms with Crippen molar-refractivity contribution in [1.29, 1.82) is 5.26 Å². The van der Waals surface area contributed by atoms with Crippen molar-refractivity contribution in [3.05, 3.63) is 109 Å². The monoisotopic (exact) mass is 597 g/mol. The molecule has 2 amide bonds. The third kappa shape index (κ3) is 10.9. The Morgan fingerprint density at radius 3 is 1.80 bits per heavy atom. The smallest absolute Gasteiger partial charge is 0.346 e. The SMILES string of the molecule is C1CCNC1.Cc1ccc2cc(/C=C(\C#N)C(N)=O)c(=O)oc2c1.Cc1ccc2cc(C=O)c(=O)oc2c1.[C-]#[N+]CC(N)=O. The Morgan fingerprint density at radius 2 is 1.43 bits per heavy atom. The number of aldehydes is 1. The number of benzene rings is 2. The number of hydrogen-bond acceptors (Lipinski definition) is 9. The van der Waals surface area contributed by atoms with E-state index in [0.29, 0.717) is 22.8 Å².